The first-order valence-corrected chi connectivity index (χ1v) is 8.22. The molecule has 1 aliphatic heterocycles. The largest absolute Gasteiger partial charge is 0.456 e. The number of nitrogens with zero attached hydrogens (tertiary/aromatic N) is 2. The molecule has 28 heavy (non-hydrogen) atoms. The van der Waals surface area contributed by atoms with Gasteiger partial charge in [-0.05, 0) is 31.2 Å². The van der Waals surface area contributed by atoms with Crippen LogP contribution in [0.15, 0.2) is 48.5 Å². The molecule has 0 saturated carbocycles. The number of ether oxygens (including phenoxy) is 1. The zero-order valence-electron chi connectivity index (χ0n) is 14.7. The van der Waals surface area contributed by atoms with Crippen molar-refractivity contribution in [2.24, 2.45) is 0 Å². The van der Waals surface area contributed by atoms with Gasteiger partial charge in [0.2, 0.25) is 0 Å². The molecule has 0 aliphatic carbocycles. The van der Waals surface area contributed by atoms with E-state index in [0.717, 1.165) is 17.0 Å². The number of nitro benzene ring substituents is 1. The van der Waals surface area contributed by atoms with Crippen LogP contribution in [0, 0.1) is 10.1 Å². The molecule has 142 valence electrons. The van der Waals surface area contributed by atoms with Gasteiger partial charge in [-0.25, -0.2) is 4.79 Å². The molecule has 2 amide bonds. The molecule has 0 radical (unpaired) electrons. The number of hydrogen-bond donors (Lipinski definition) is 0. The lowest BCUT2D eigenvalue weighted by atomic mass is 10.1. The Balaban J connectivity index is 1.63. The first kappa shape index (κ1) is 18.9. The number of carbonyl (C=O) groups excluding carboxylic acids is 4. The Labute approximate surface area is 158 Å². The molecule has 0 fully saturated rings. The van der Waals surface area contributed by atoms with E-state index in [1.54, 1.807) is 12.1 Å². The summed E-state index contributed by atoms with van der Waals surface area (Å²) in [5.74, 6) is -2.69. The first-order chi connectivity index (χ1) is 13.3. The van der Waals surface area contributed by atoms with Crippen LogP contribution in [0.1, 0.15) is 38.0 Å². The average Bonchev–Trinajstić information content (AvgIpc) is 2.96. The average molecular weight is 382 g/mol. The van der Waals surface area contributed by atoms with E-state index in [1.807, 2.05) is 0 Å². The predicted octanol–water partition coefficient (Wildman–Crippen LogP) is 2.01. The molecule has 2 aromatic rings. The van der Waals surface area contributed by atoms with Gasteiger partial charge >= 0.3 is 5.97 Å². The summed E-state index contributed by atoms with van der Waals surface area (Å²) in [7, 11) is 0. The van der Waals surface area contributed by atoms with Crippen LogP contribution >= 0.6 is 0 Å². The Hall–Kier alpha value is -3.88. The van der Waals surface area contributed by atoms with E-state index >= 15 is 0 Å². The fraction of sp³-hybridized carbons (Fsp3) is 0.158. The number of ketones is 1. The van der Waals surface area contributed by atoms with Crippen LogP contribution in [-0.4, -0.2) is 46.0 Å². The third-order valence-electron chi connectivity index (χ3n) is 4.30. The van der Waals surface area contributed by atoms with Gasteiger partial charge in [0.1, 0.15) is 6.04 Å². The maximum atomic E-state index is 12.4. The zero-order chi connectivity index (χ0) is 20.4. The van der Waals surface area contributed by atoms with Crippen molar-refractivity contribution in [3.8, 4) is 0 Å². The van der Waals surface area contributed by atoms with Crippen molar-refractivity contribution in [2.75, 3.05) is 6.61 Å². The summed E-state index contributed by atoms with van der Waals surface area (Å²) in [6, 6.07) is 9.82. The first-order valence-electron chi connectivity index (χ1n) is 8.22. The van der Waals surface area contributed by atoms with Crippen LogP contribution in [0.5, 0.6) is 0 Å². The number of hydrogen-bond acceptors (Lipinski definition) is 7. The highest BCUT2D eigenvalue weighted by atomic mass is 16.6. The van der Waals surface area contributed by atoms with E-state index in [-0.39, 0.29) is 22.4 Å². The number of rotatable bonds is 6. The third-order valence-corrected chi connectivity index (χ3v) is 4.30. The Morgan fingerprint density at radius 2 is 1.57 bits per heavy atom. The summed E-state index contributed by atoms with van der Waals surface area (Å²) in [5.41, 5.74) is 0.364. The second kappa shape index (κ2) is 7.39. The van der Waals surface area contributed by atoms with E-state index in [1.165, 1.54) is 31.2 Å². The number of esters is 1. The fourth-order valence-corrected chi connectivity index (χ4v) is 2.77. The SMILES string of the molecule is C[C@@H](C(=O)OCC(=O)c1ccc([N+](=O)[O-])cc1)N1C(=O)c2ccccc2C1=O. The van der Waals surface area contributed by atoms with Crippen molar-refractivity contribution >= 4 is 29.3 Å². The van der Waals surface area contributed by atoms with Crippen LogP contribution in [0.3, 0.4) is 0 Å². The van der Waals surface area contributed by atoms with Crippen molar-refractivity contribution in [1.82, 2.24) is 4.90 Å². The number of fused-ring (bicyclic) bond motifs is 1. The van der Waals surface area contributed by atoms with Gasteiger partial charge in [0, 0.05) is 17.7 Å². The molecule has 9 nitrogen and oxygen atoms in total. The molecular weight excluding hydrogens is 368 g/mol. The van der Waals surface area contributed by atoms with E-state index in [2.05, 4.69) is 0 Å². The van der Waals surface area contributed by atoms with Gasteiger partial charge in [0.05, 0.1) is 16.1 Å². The van der Waals surface area contributed by atoms with E-state index in [0.29, 0.717) is 0 Å². The van der Waals surface area contributed by atoms with Gasteiger partial charge in [0.15, 0.2) is 12.4 Å². The molecule has 0 aromatic heterocycles. The lowest BCUT2D eigenvalue weighted by molar-refractivity contribution is -0.384. The summed E-state index contributed by atoms with van der Waals surface area (Å²) in [4.78, 5) is 59.9. The van der Waals surface area contributed by atoms with Crippen molar-refractivity contribution < 1.29 is 28.8 Å². The van der Waals surface area contributed by atoms with E-state index < -0.39 is 41.1 Å². The highest BCUT2D eigenvalue weighted by Gasteiger charge is 2.41. The number of carbonyl (C=O) groups is 4. The Kier molecular flexibility index (Phi) is 4.99. The topological polar surface area (TPSA) is 124 Å². The third kappa shape index (κ3) is 3.37. The highest BCUT2D eigenvalue weighted by molar-refractivity contribution is 6.22. The summed E-state index contributed by atoms with van der Waals surface area (Å²) in [6.45, 7) is 0.713. The summed E-state index contributed by atoms with van der Waals surface area (Å²) in [5, 5.41) is 10.6. The van der Waals surface area contributed by atoms with Gasteiger partial charge in [-0.2, -0.15) is 0 Å². The second-order valence-electron chi connectivity index (χ2n) is 6.04. The Bertz CT molecular complexity index is 963. The second-order valence-corrected chi connectivity index (χ2v) is 6.04. The van der Waals surface area contributed by atoms with Gasteiger partial charge in [-0.1, -0.05) is 12.1 Å². The number of Topliss-reactive ketones (excluding diaryl/α,β-unsaturated/α-hetero) is 1. The number of nitro groups is 1. The Morgan fingerprint density at radius 3 is 2.07 bits per heavy atom. The van der Waals surface area contributed by atoms with Crippen molar-refractivity contribution in [2.45, 2.75) is 13.0 Å². The van der Waals surface area contributed by atoms with Crippen LogP contribution < -0.4 is 0 Å². The lowest BCUT2D eigenvalue weighted by Crippen LogP contribution is -2.44. The predicted molar refractivity (Wildman–Crippen MR) is 94.8 cm³/mol. The van der Waals surface area contributed by atoms with Gasteiger partial charge in [-0.3, -0.25) is 29.4 Å². The number of amides is 2. The molecule has 9 heteroatoms. The van der Waals surface area contributed by atoms with Gasteiger partial charge < -0.3 is 4.74 Å². The molecule has 0 N–H and O–H groups in total. The van der Waals surface area contributed by atoms with Crippen LogP contribution in [0.2, 0.25) is 0 Å². The Morgan fingerprint density at radius 1 is 1.04 bits per heavy atom. The fourth-order valence-electron chi connectivity index (χ4n) is 2.77. The van der Waals surface area contributed by atoms with Crippen molar-refractivity contribution in [1.29, 1.82) is 0 Å². The van der Waals surface area contributed by atoms with Gasteiger partial charge in [-0.15, -0.1) is 0 Å². The maximum Gasteiger partial charge on any atom is 0.329 e. The van der Waals surface area contributed by atoms with E-state index in [9.17, 15) is 29.3 Å². The number of benzene rings is 2. The smallest absolute Gasteiger partial charge is 0.329 e. The highest BCUT2D eigenvalue weighted by Crippen LogP contribution is 2.24. The lowest BCUT2D eigenvalue weighted by Gasteiger charge is -2.20. The van der Waals surface area contributed by atoms with Crippen molar-refractivity contribution in [3.63, 3.8) is 0 Å². The minimum absolute atomic E-state index is 0.131. The van der Waals surface area contributed by atoms with Crippen molar-refractivity contribution in [3.05, 3.63) is 75.3 Å². The molecule has 0 saturated heterocycles. The quantitative estimate of drug-likeness (QED) is 0.246. The van der Waals surface area contributed by atoms with Crippen LogP contribution in [0.4, 0.5) is 5.69 Å². The normalized spacial score (nSPS) is 13.8. The summed E-state index contributed by atoms with van der Waals surface area (Å²) >= 11 is 0. The molecule has 1 atom stereocenters. The number of imide groups is 1. The monoisotopic (exact) mass is 382 g/mol. The summed E-state index contributed by atoms with van der Waals surface area (Å²) < 4.78 is 4.94. The summed E-state index contributed by atoms with van der Waals surface area (Å²) in [6.07, 6.45) is 0. The van der Waals surface area contributed by atoms with Crippen LogP contribution in [-0.2, 0) is 9.53 Å². The number of non-ortho nitro benzene ring substituents is 1. The molecular formula is C19H14N2O7. The minimum atomic E-state index is -1.21. The zero-order valence-corrected chi connectivity index (χ0v) is 14.7. The molecule has 1 aliphatic rings. The van der Waals surface area contributed by atoms with E-state index in [4.69, 9.17) is 4.74 Å². The molecule has 3 rings (SSSR count). The maximum absolute atomic E-state index is 12.4. The molecule has 0 spiro atoms. The standard InChI is InChI=1S/C19H14N2O7/c1-11(20-17(23)14-4-2-3-5-15(14)18(20)24)19(25)28-10-16(22)12-6-8-13(9-7-12)21(26)27/h2-9,11H,10H2,1H3/t11-/m0/s1. The van der Waals surface area contributed by atoms with Gasteiger partial charge in [0.25, 0.3) is 17.5 Å². The van der Waals surface area contributed by atoms with Crippen LogP contribution in [0.25, 0.3) is 0 Å². The molecule has 0 bridgehead atoms. The molecule has 0 unspecified atom stereocenters. The molecule has 2 aromatic carbocycles. The molecule has 1 heterocycles. The minimum Gasteiger partial charge on any atom is -0.456 e.